The van der Waals surface area contributed by atoms with Crippen LogP contribution in [0.15, 0.2) is 0 Å². The summed E-state index contributed by atoms with van der Waals surface area (Å²) in [5, 5.41) is 2.37. The fourth-order valence-electron chi connectivity index (χ4n) is 0.625. The first kappa shape index (κ1) is 12.3. The Hall–Kier alpha value is -0.710. The fraction of sp³-hybridized carbons (Fsp3) is 0.750. The third-order valence-electron chi connectivity index (χ3n) is 1.40. The Labute approximate surface area is 83.4 Å². The van der Waals surface area contributed by atoms with E-state index in [1.165, 1.54) is 0 Å². The molecule has 0 spiro atoms. The van der Waals surface area contributed by atoms with Crippen molar-refractivity contribution in [1.29, 1.82) is 0 Å². The number of amides is 1. The maximum atomic E-state index is 10.9. The number of carbonyl (C=O) groups excluding carboxylic acids is 2. The van der Waals surface area contributed by atoms with Gasteiger partial charge in [-0.3, -0.25) is 0 Å². The van der Waals surface area contributed by atoms with Gasteiger partial charge in [0.25, 0.3) is 0 Å². The maximum Gasteiger partial charge on any atom is 0.407 e. The molecule has 0 aromatic heterocycles. The van der Waals surface area contributed by atoms with Gasteiger partial charge in [-0.2, -0.15) is 12.6 Å². The van der Waals surface area contributed by atoms with Crippen molar-refractivity contribution < 1.29 is 14.3 Å². The number of ether oxygens (including phenoxy) is 1. The predicted molar refractivity (Wildman–Crippen MR) is 53.1 cm³/mol. The summed E-state index contributed by atoms with van der Waals surface area (Å²) in [7, 11) is 0. The molecule has 1 amide bonds. The van der Waals surface area contributed by atoms with Crippen LogP contribution in [-0.2, 0) is 9.53 Å². The number of hydrogen-bond donors (Lipinski definition) is 2. The molecule has 4 nitrogen and oxygen atoms in total. The van der Waals surface area contributed by atoms with E-state index in [0.29, 0.717) is 12.9 Å². The van der Waals surface area contributed by atoms with E-state index in [4.69, 9.17) is 4.74 Å². The van der Waals surface area contributed by atoms with E-state index in [0.717, 1.165) is 12.8 Å². The summed E-state index contributed by atoms with van der Waals surface area (Å²) in [5.74, 6) is 0.284. The van der Waals surface area contributed by atoms with Crippen molar-refractivity contribution in [2.45, 2.75) is 25.8 Å². The summed E-state index contributed by atoms with van der Waals surface area (Å²) in [6.45, 7) is 2.39. The first-order valence-electron chi connectivity index (χ1n) is 4.24. The van der Waals surface area contributed by atoms with Gasteiger partial charge in [-0.15, -0.1) is 0 Å². The second kappa shape index (κ2) is 7.91. The Bertz CT molecular complexity index is 163. The summed E-state index contributed by atoms with van der Waals surface area (Å²) in [6.07, 6.45) is 1.88. The van der Waals surface area contributed by atoms with Gasteiger partial charge in [-0.05, 0) is 6.42 Å². The minimum atomic E-state index is -0.558. The number of aldehydes is 1. The number of hydrogen-bond acceptors (Lipinski definition) is 4. The van der Waals surface area contributed by atoms with Gasteiger partial charge in [0.2, 0.25) is 0 Å². The second-order valence-electron chi connectivity index (χ2n) is 2.56. The van der Waals surface area contributed by atoms with Crippen molar-refractivity contribution in [2.75, 3.05) is 12.4 Å². The van der Waals surface area contributed by atoms with Crippen LogP contribution in [0.3, 0.4) is 0 Å². The largest absolute Gasteiger partial charge is 0.450 e. The number of alkyl carbamates (subject to hydrolysis) is 1. The first-order chi connectivity index (χ1) is 6.24. The van der Waals surface area contributed by atoms with E-state index >= 15 is 0 Å². The molecule has 0 aliphatic rings. The van der Waals surface area contributed by atoms with E-state index < -0.39 is 12.1 Å². The summed E-state index contributed by atoms with van der Waals surface area (Å²) in [4.78, 5) is 21.2. The van der Waals surface area contributed by atoms with Crippen molar-refractivity contribution >= 4 is 25.0 Å². The topological polar surface area (TPSA) is 55.4 Å². The van der Waals surface area contributed by atoms with Gasteiger partial charge in [0.05, 0.1) is 12.6 Å². The number of rotatable bonds is 6. The quantitative estimate of drug-likeness (QED) is 0.386. The molecule has 5 heteroatoms. The Balaban J connectivity index is 3.54. The highest BCUT2D eigenvalue weighted by molar-refractivity contribution is 7.80. The molecule has 0 saturated carbocycles. The average molecular weight is 205 g/mol. The van der Waals surface area contributed by atoms with E-state index in [-0.39, 0.29) is 5.75 Å². The van der Waals surface area contributed by atoms with Crippen LogP contribution >= 0.6 is 12.6 Å². The Morgan fingerprint density at radius 3 is 2.85 bits per heavy atom. The Morgan fingerprint density at radius 2 is 2.38 bits per heavy atom. The molecule has 0 fully saturated rings. The molecule has 0 heterocycles. The van der Waals surface area contributed by atoms with Crippen LogP contribution in [0.1, 0.15) is 19.8 Å². The predicted octanol–water partition coefficient (Wildman–Crippen LogP) is 1.01. The van der Waals surface area contributed by atoms with Crippen molar-refractivity contribution in [2.24, 2.45) is 0 Å². The zero-order valence-corrected chi connectivity index (χ0v) is 8.55. The first-order valence-corrected chi connectivity index (χ1v) is 4.87. The van der Waals surface area contributed by atoms with Crippen LogP contribution < -0.4 is 5.32 Å². The van der Waals surface area contributed by atoms with E-state index in [2.05, 4.69) is 17.9 Å². The lowest BCUT2D eigenvalue weighted by molar-refractivity contribution is -0.109. The lowest BCUT2D eigenvalue weighted by Gasteiger charge is -2.09. The molecule has 0 saturated heterocycles. The van der Waals surface area contributed by atoms with Crippen LogP contribution in [-0.4, -0.2) is 30.8 Å². The SMILES string of the molecule is CCCCOC(=O)N[C@H](C=O)CS. The lowest BCUT2D eigenvalue weighted by atomic mass is 10.4. The van der Waals surface area contributed by atoms with Gasteiger partial charge in [0.1, 0.15) is 6.29 Å². The maximum absolute atomic E-state index is 10.9. The molecule has 0 aromatic rings. The van der Waals surface area contributed by atoms with Crippen molar-refractivity contribution in [1.82, 2.24) is 5.32 Å². The van der Waals surface area contributed by atoms with Crippen molar-refractivity contribution in [3.63, 3.8) is 0 Å². The zero-order chi connectivity index (χ0) is 10.1. The molecule has 0 bridgehead atoms. The van der Waals surface area contributed by atoms with Gasteiger partial charge >= 0.3 is 6.09 Å². The summed E-state index contributed by atoms with van der Waals surface area (Å²) >= 11 is 3.88. The van der Waals surface area contributed by atoms with Crippen LogP contribution in [0.2, 0.25) is 0 Å². The second-order valence-corrected chi connectivity index (χ2v) is 2.92. The third-order valence-corrected chi connectivity index (χ3v) is 1.79. The van der Waals surface area contributed by atoms with Crippen molar-refractivity contribution in [3.05, 3.63) is 0 Å². The van der Waals surface area contributed by atoms with Gasteiger partial charge in [-0.1, -0.05) is 13.3 Å². The highest BCUT2D eigenvalue weighted by Gasteiger charge is 2.09. The van der Waals surface area contributed by atoms with Crippen LogP contribution in [0, 0.1) is 0 Å². The molecular weight excluding hydrogens is 190 g/mol. The average Bonchev–Trinajstić information content (AvgIpc) is 2.14. The molecule has 0 rings (SSSR count). The van der Waals surface area contributed by atoms with E-state index in [1.807, 2.05) is 6.92 Å². The standard InChI is InChI=1S/C8H15NO3S/c1-2-3-4-12-8(11)9-7(5-10)6-13/h5,7,13H,2-4,6H2,1H3,(H,9,11)/t7-/m1/s1. The molecule has 1 N–H and O–H groups in total. The van der Waals surface area contributed by atoms with E-state index in [1.54, 1.807) is 0 Å². The molecule has 0 aliphatic heterocycles. The highest BCUT2D eigenvalue weighted by Crippen LogP contribution is 1.90. The number of thiol groups is 1. The normalized spacial score (nSPS) is 11.8. The summed E-state index contributed by atoms with van der Waals surface area (Å²) in [6, 6.07) is -0.558. The van der Waals surface area contributed by atoms with Crippen molar-refractivity contribution in [3.8, 4) is 0 Å². The van der Waals surface area contributed by atoms with Gasteiger partial charge < -0.3 is 14.8 Å². The Kier molecular flexibility index (Phi) is 7.48. The number of nitrogens with one attached hydrogen (secondary N) is 1. The molecule has 76 valence electrons. The molecule has 0 aromatic carbocycles. The lowest BCUT2D eigenvalue weighted by Crippen LogP contribution is -2.37. The smallest absolute Gasteiger partial charge is 0.407 e. The van der Waals surface area contributed by atoms with Crippen LogP contribution in [0.25, 0.3) is 0 Å². The molecule has 0 unspecified atom stereocenters. The fourth-order valence-corrected chi connectivity index (χ4v) is 0.802. The van der Waals surface area contributed by atoms with Gasteiger partial charge in [0.15, 0.2) is 0 Å². The monoisotopic (exact) mass is 205 g/mol. The molecular formula is C8H15NO3S. The highest BCUT2D eigenvalue weighted by atomic mass is 32.1. The third kappa shape index (κ3) is 6.45. The molecule has 0 radical (unpaired) electrons. The summed E-state index contributed by atoms with van der Waals surface area (Å²) in [5.41, 5.74) is 0. The summed E-state index contributed by atoms with van der Waals surface area (Å²) < 4.78 is 4.77. The minimum Gasteiger partial charge on any atom is -0.450 e. The van der Waals surface area contributed by atoms with Crippen LogP contribution in [0.5, 0.6) is 0 Å². The van der Waals surface area contributed by atoms with Gasteiger partial charge in [-0.25, -0.2) is 4.79 Å². The number of carbonyl (C=O) groups is 2. The molecule has 0 aliphatic carbocycles. The molecule has 13 heavy (non-hydrogen) atoms. The zero-order valence-electron chi connectivity index (χ0n) is 7.66. The minimum absolute atomic E-state index is 0.284. The Morgan fingerprint density at radius 1 is 1.69 bits per heavy atom. The van der Waals surface area contributed by atoms with Crippen LogP contribution in [0.4, 0.5) is 4.79 Å². The molecule has 1 atom stereocenters. The number of unbranched alkanes of at least 4 members (excludes halogenated alkanes) is 1. The van der Waals surface area contributed by atoms with Gasteiger partial charge in [0, 0.05) is 5.75 Å². The van der Waals surface area contributed by atoms with E-state index in [9.17, 15) is 9.59 Å².